The number of anilines is 1. The molecule has 0 unspecified atom stereocenters. The van der Waals surface area contributed by atoms with Crippen molar-refractivity contribution in [2.24, 2.45) is 5.73 Å². The number of hydrogen-bond donors (Lipinski definition) is 2. The summed E-state index contributed by atoms with van der Waals surface area (Å²) in [4.78, 5) is 13.8. The van der Waals surface area contributed by atoms with E-state index in [9.17, 15) is 4.79 Å². The normalized spacial score (nSPS) is 15.6. The summed E-state index contributed by atoms with van der Waals surface area (Å²) in [5.74, 6) is 0.820. The third-order valence-electron chi connectivity index (χ3n) is 3.12. The number of rotatable bonds is 3. The summed E-state index contributed by atoms with van der Waals surface area (Å²) in [6.45, 7) is 2.00. The maximum atomic E-state index is 11.4. The lowest BCUT2D eigenvalue weighted by atomic mass is 10.1. The van der Waals surface area contributed by atoms with Crippen molar-refractivity contribution in [2.45, 2.75) is 6.42 Å². The molecule has 1 saturated heterocycles. The molecule has 102 valence electrons. The smallest absolute Gasteiger partial charge is 0.221 e. The lowest BCUT2D eigenvalue weighted by Gasteiger charge is -2.25. The van der Waals surface area contributed by atoms with Crippen molar-refractivity contribution < 1.29 is 9.53 Å². The third-order valence-corrected chi connectivity index (χ3v) is 3.34. The Labute approximate surface area is 117 Å². The molecule has 6 heteroatoms. The van der Waals surface area contributed by atoms with Crippen LogP contribution < -0.4 is 20.7 Å². The molecule has 19 heavy (non-hydrogen) atoms. The fourth-order valence-corrected chi connectivity index (χ4v) is 2.29. The van der Waals surface area contributed by atoms with Gasteiger partial charge in [0.05, 0.1) is 12.8 Å². The van der Waals surface area contributed by atoms with Gasteiger partial charge in [0.25, 0.3) is 0 Å². The molecule has 0 radical (unpaired) electrons. The molecule has 0 spiro atoms. The zero-order chi connectivity index (χ0) is 13.8. The van der Waals surface area contributed by atoms with E-state index in [4.69, 9.17) is 22.7 Å². The summed E-state index contributed by atoms with van der Waals surface area (Å²) >= 11 is 5.08. The zero-order valence-electron chi connectivity index (χ0n) is 10.8. The molecule has 1 aliphatic rings. The first-order valence-corrected chi connectivity index (χ1v) is 6.52. The first kappa shape index (κ1) is 13.6. The topological polar surface area (TPSA) is 67.6 Å². The molecule has 0 aliphatic carbocycles. The molecule has 1 aromatic rings. The summed E-state index contributed by atoms with van der Waals surface area (Å²) in [5.41, 5.74) is 7.49. The fourth-order valence-electron chi connectivity index (χ4n) is 2.12. The number of hydrogen-bond acceptors (Lipinski definition) is 4. The van der Waals surface area contributed by atoms with Gasteiger partial charge in [0.1, 0.15) is 10.7 Å². The summed E-state index contributed by atoms with van der Waals surface area (Å²) < 4.78 is 5.24. The van der Waals surface area contributed by atoms with E-state index in [1.54, 1.807) is 7.11 Å². The predicted octanol–water partition coefficient (Wildman–Crippen LogP) is 0.656. The van der Waals surface area contributed by atoms with Crippen LogP contribution in [0.4, 0.5) is 5.69 Å². The Morgan fingerprint density at radius 1 is 1.47 bits per heavy atom. The summed E-state index contributed by atoms with van der Waals surface area (Å²) in [6, 6.07) is 5.60. The lowest BCUT2D eigenvalue weighted by Crippen LogP contribution is -2.30. The van der Waals surface area contributed by atoms with Gasteiger partial charge in [0.15, 0.2) is 0 Å². The highest BCUT2D eigenvalue weighted by atomic mass is 32.1. The Morgan fingerprint density at radius 3 is 2.95 bits per heavy atom. The van der Waals surface area contributed by atoms with Crippen LogP contribution in [0.1, 0.15) is 12.0 Å². The number of amides is 1. The van der Waals surface area contributed by atoms with E-state index in [2.05, 4.69) is 10.2 Å². The maximum absolute atomic E-state index is 11.4. The molecule has 1 aliphatic heterocycles. The number of methoxy groups -OCH3 is 1. The van der Waals surface area contributed by atoms with Gasteiger partial charge in [-0.2, -0.15) is 0 Å². The van der Waals surface area contributed by atoms with Crippen LogP contribution in [0.25, 0.3) is 0 Å². The van der Waals surface area contributed by atoms with E-state index in [0.29, 0.717) is 24.5 Å². The number of nitrogens with one attached hydrogen (secondary N) is 1. The van der Waals surface area contributed by atoms with Crippen molar-refractivity contribution >= 4 is 28.8 Å². The van der Waals surface area contributed by atoms with E-state index >= 15 is 0 Å². The number of ether oxygens (including phenoxy) is 1. The molecule has 1 fully saturated rings. The third kappa shape index (κ3) is 3.14. The fraction of sp³-hybridized carbons (Fsp3) is 0.385. The van der Waals surface area contributed by atoms with Crippen molar-refractivity contribution in [1.29, 1.82) is 0 Å². The molecule has 3 N–H and O–H groups in total. The van der Waals surface area contributed by atoms with Crippen molar-refractivity contribution in [3.05, 3.63) is 23.8 Å². The van der Waals surface area contributed by atoms with Crippen LogP contribution in [0.2, 0.25) is 0 Å². The molecule has 1 heterocycles. The van der Waals surface area contributed by atoms with Gasteiger partial charge in [-0.25, -0.2) is 0 Å². The van der Waals surface area contributed by atoms with E-state index in [0.717, 1.165) is 23.5 Å². The Kier molecular flexibility index (Phi) is 4.21. The molecule has 0 atom stereocenters. The minimum atomic E-state index is 0.0715. The second-order valence-electron chi connectivity index (χ2n) is 4.33. The van der Waals surface area contributed by atoms with Crippen LogP contribution in [0.5, 0.6) is 5.75 Å². The van der Waals surface area contributed by atoms with Crippen molar-refractivity contribution in [3.8, 4) is 5.75 Å². The van der Waals surface area contributed by atoms with E-state index in [-0.39, 0.29) is 5.91 Å². The Hall–Kier alpha value is -1.82. The number of nitrogens with zero attached hydrogens (tertiary/aromatic N) is 1. The quantitative estimate of drug-likeness (QED) is 0.796. The highest BCUT2D eigenvalue weighted by Gasteiger charge is 2.18. The van der Waals surface area contributed by atoms with Gasteiger partial charge >= 0.3 is 0 Å². The molecule has 0 bridgehead atoms. The van der Waals surface area contributed by atoms with Crippen LogP contribution in [-0.2, 0) is 4.79 Å². The zero-order valence-corrected chi connectivity index (χ0v) is 11.6. The van der Waals surface area contributed by atoms with Gasteiger partial charge < -0.3 is 20.7 Å². The lowest BCUT2D eigenvalue weighted by molar-refractivity contribution is -0.120. The van der Waals surface area contributed by atoms with Gasteiger partial charge in [0, 0.05) is 37.7 Å². The largest absolute Gasteiger partial charge is 0.497 e. The first-order chi connectivity index (χ1) is 9.11. The molecule has 1 aromatic carbocycles. The van der Waals surface area contributed by atoms with Gasteiger partial charge in [-0.05, 0) is 12.1 Å². The Balaban J connectivity index is 2.35. The van der Waals surface area contributed by atoms with Crippen LogP contribution in [0.15, 0.2) is 18.2 Å². The standard InChI is InChI=1S/C13H17N3O2S/c1-18-9-2-3-10(13(14)19)11(8-9)16-6-4-12(17)15-5-7-16/h2-3,8H,4-7H2,1H3,(H2,14,19)(H,15,17). The van der Waals surface area contributed by atoms with Crippen LogP contribution >= 0.6 is 12.2 Å². The first-order valence-electron chi connectivity index (χ1n) is 6.11. The van der Waals surface area contributed by atoms with Crippen molar-refractivity contribution in [2.75, 3.05) is 31.6 Å². The minimum absolute atomic E-state index is 0.0715. The van der Waals surface area contributed by atoms with E-state index < -0.39 is 0 Å². The summed E-state index contributed by atoms with van der Waals surface area (Å²) in [7, 11) is 1.62. The predicted molar refractivity (Wildman–Crippen MR) is 78.7 cm³/mol. The number of carbonyl (C=O) groups is 1. The van der Waals surface area contributed by atoms with Gasteiger partial charge in [-0.1, -0.05) is 12.2 Å². The maximum Gasteiger partial charge on any atom is 0.221 e. The van der Waals surface area contributed by atoms with Crippen LogP contribution in [0.3, 0.4) is 0 Å². The van der Waals surface area contributed by atoms with Crippen LogP contribution in [0, 0.1) is 0 Å². The van der Waals surface area contributed by atoms with Gasteiger partial charge in [-0.3, -0.25) is 4.79 Å². The van der Waals surface area contributed by atoms with E-state index in [1.165, 1.54) is 0 Å². The SMILES string of the molecule is COc1ccc(C(N)=S)c(N2CCNC(=O)CC2)c1. The monoisotopic (exact) mass is 279 g/mol. The molecule has 5 nitrogen and oxygen atoms in total. The molecule has 2 rings (SSSR count). The van der Waals surface area contributed by atoms with Gasteiger partial charge in [0.2, 0.25) is 5.91 Å². The minimum Gasteiger partial charge on any atom is -0.497 e. The van der Waals surface area contributed by atoms with Crippen molar-refractivity contribution in [1.82, 2.24) is 5.32 Å². The average molecular weight is 279 g/mol. The molecule has 0 saturated carbocycles. The average Bonchev–Trinajstić information content (AvgIpc) is 2.62. The summed E-state index contributed by atoms with van der Waals surface area (Å²) in [6.07, 6.45) is 0.466. The number of thiocarbonyl (C=S) groups is 1. The second kappa shape index (κ2) is 5.88. The molecular weight excluding hydrogens is 262 g/mol. The highest BCUT2D eigenvalue weighted by Crippen LogP contribution is 2.26. The van der Waals surface area contributed by atoms with Gasteiger partial charge in [-0.15, -0.1) is 0 Å². The van der Waals surface area contributed by atoms with Crippen molar-refractivity contribution in [3.63, 3.8) is 0 Å². The number of benzene rings is 1. The Morgan fingerprint density at radius 2 is 2.26 bits per heavy atom. The number of carbonyl (C=O) groups excluding carboxylic acids is 1. The number of nitrogens with two attached hydrogens (primary N) is 1. The Bertz CT molecular complexity index is 505. The second-order valence-corrected chi connectivity index (χ2v) is 4.77. The molecule has 1 amide bonds. The summed E-state index contributed by atoms with van der Waals surface area (Å²) in [5, 5.41) is 2.85. The van der Waals surface area contributed by atoms with E-state index in [1.807, 2.05) is 18.2 Å². The van der Waals surface area contributed by atoms with Crippen LogP contribution in [-0.4, -0.2) is 37.6 Å². The highest BCUT2D eigenvalue weighted by molar-refractivity contribution is 7.80. The molecule has 0 aromatic heterocycles. The molecular formula is C13H17N3O2S.